The van der Waals surface area contributed by atoms with Gasteiger partial charge in [0, 0.05) is 18.0 Å². The average molecular weight is 274 g/mol. The number of rotatable bonds is 3. The zero-order valence-electron chi connectivity index (χ0n) is 11.2. The summed E-state index contributed by atoms with van der Waals surface area (Å²) in [5, 5.41) is 20.9. The Balaban J connectivity index is 1.98. The number of pyridine rings is 1. The maximum atomic E-state index is 11.4. The standard InChI is InChI=1S/C15H18N2O3/c18-12-5-3-10(11-4-6-14(20)16-15(11)12)13(19)9-17-7-1-2-8-17/h3-6,13,18-19H,1-2,7-9H2,(H,16,20). The lowest BCUT2D eigenvalue weighted by Gasteiger charge is -2.20. The van der Waals surface area contributed by atoms with E-state index in [-0.39, 0.29) is 11.3 Å². The van der Waals surface area contributed by atoms with Crippen molar-refractivity contribution in [2.75, 3.05) is 19.6 Å². The van der Waals surface area contributed by atoms with Crippen LogP contribution in [0, 0.1) is 0 Å². The first kappa shape index (κ1) is 13.1. The van der Waals surface area contributed by atoms with Gasteiger partial charge >= 0.3 is 0 Å². The van der Waals surface area contributed by atoms with Gasteiger partial charge in [0.1, 0.15) is 5.75 Å². The number of aromatic amines is 1. The third-order valence-corrected chi connectivity index (χ3v) is 3.90. The van der Waals surface area contributed by atoms with Crippen LogP contribution in [0.15, 0.2) is 29.1 Å². The van der Waals surface area contributed by atoms with Crippen molar-refractivity contribution in [1.82, 2.24) is 9.88 Å². The Hall–Kier alpha value is -1.85. The number of aliphatic hydroxyl groups is 1. The molecule has 1 unspecified atom stereocenters. The summed E-state index contributed by atoms with van der Waals surface area (Å²) in [5.41, 5.74) is 0.857. The highest BCUT2D eigenvalue weighted by Gasteiger charge is 2.19. The fourth-order valence-corrected chi connectivity index (χ4v) is 2.86. The van der Waals surface area contributed by atoms with Crippen LogP contribution < -0.4 is 5.56 Å². The molecule has 3 N–H and O–H groups in total. The van der Waals surface area contributed by atoms with Crippen LogP contribution in [0.2, 0.25) is 0 Å². The molecule has 2 heterocycles. The van der Waals surface area contributed by atoms with Gasteiger partial charge in [-0.15, -0.1) is 0 Å². The first-order chi connectivity index (χ1) is 9.65. The van der Waals surface area contributed by atoms with E-state index in [1.54, 1.807) is 12.1 Å². The van der Waals surface area contributed by atoms with Gasteiger partial charge in [0.15, 0.2) is 0 Å². The number of benzene rings is 1. The SMILES string of the molecule is O=c1ccc2c(C(O)CN3CCCC3)ccc(O)c2[nH]1. The number of aliphatic hydroxyl groups excluding tert-OH is 1. The van der Waals surface area contributed by atoms with Crippen LogP contribution in [0.25, 0.3) is 10.9 Å². The number of aromatic nitrogens is 1. The van der Waals surface area contributed by atoms with Crippen molar-refractivity contribution in [3.8, 4) is 5.75 Å². The molecule has 1 aliphatic heterocycles. The van der Waals surface area contributed by atoms with Gasteiger partial charge in [0.25, 0.3) is 0 Å². The van der Waals surface area contributed by atoms with Gasteiger partial charge in [-0.05, 0) is 43.6 Å². The van der Waals surface area contributed by atoms with Crippen molar-refractivity contribution in [1.29, 1.82) is 0 Å². The molecule has 3 rings (SSSR count). The number of hydrogen-bond acceptors (Lipinski definition) is 4. The fourth-order valence-electron chi connectivity index (χ4n) is 2.86. The molecule has 5 nitrogen and oxygen atoms in total. The van der Waals surface area contributed by atoms with Gasteiger partial charge < -0.3 is 20.1 Å². The Kier molecular flexibility index (Phi) is 3.46. The molecule has 20 heavy (non-hydrogen) atoms. The summed E-state index contributed by atoms with van der Waals surface area (Å²) in [6.45, 7) is 2.62. The minimum atomic E-state index is -0.623. The molecular weight excluding hydrogens is 256 g/mol. The van der Waals surface area contributed by atoms with E-state index in [0.29, 0.717) is 17.4 Å². The number of fused-ring (bicyclic) bond motifs is 1. The Morgan fingerprint density at radius 3 is 2.70 bits per heavy atom. The lowest BCUT2D eigenvalue weighted by atomic mass is 10.0. The zero-order valence-corrected chi connectivity index (χ0v) is 11.2. The van der Waals surface area contributed by atoms with Gasteiger partial charge in [0.2, 0.25) is 5.56 Å². The lowest BCUT2D eigenvalue weighted by molar-refractivity contribution is 0.127. The Bertz CT molecular complexity index is 674. The minimum Gasteiger partial charge on any atom is -0.506 e. The van der Waals surface area contributed by atoms with Gasteiger partial charge in [-0.3, -0.25) is 4.79 Å². The van der Waals surface area contributed by atoms with E-state index in [1.165, 1.54) is 25.0 Å². The summed E-state index contributed by atoms with van der Waals surface area (Å²) in [4.78, 5) is 16.2. The summed E-state index contributed by atoms with van der Waals surface area (Å²) in [7, 11) is 0. The van der Waals surface area contributed by atoms with Gasteiger partial charge in [0.05, 0.1) is 11.6 Å². The number of β-amino-alcohol motifs (C(OH)–C–C–N with tert-alkyl or cyclic N) is 1. The van der Waals surface area contributed by atoms with Crippen molar-refractivity contribution in [3.05, 3.63) is 40.2 Å². The van der Waals surface area contributed by atoms with Crippen molar-refractivity contribution in [2.24, 2.45) is 0 Å². The molecule has 2 aromatic rings. The van der Waals surface area contributed by atoms with Gasteiger partial charge in [-0.2, -0.15) is 0 Å². The van der Waals surface area contributed by atoms with E-state index < -0.39 is 6.10 Å². The summed E-state index contributed by atoms with van der Waals surface area (Å²) < 4.78 is 0. The molecule has 0 radical (unpaired) electrons. The van der Waals surface area contributed by atoms with Crippen LogP contribution in [0.5, 0.6) is 5.75 Å². The molecule has 1 aromatic carbocycles. The van der Waals surface area contributed by atoms with E-state index in [4.69, 9.17) is 0 Å². The highest BCUT2D eigenvalue weighted by molar-refractivity contribution is 5.87. The van der Waals surface area contributed by atoms with Crippen LogP contribution >= 0.6 is 0 Å². The topological polar surface area (TPSA) is 76.6 Å². The molecule has 0 saturated carbocycles. The molecule has 0 aliphatic carbocycles. The van der Waals surface area contributed by atoms with E-state index in [0.717, 1.165) is 18.7 Å². The van der Waals surface area contributed by atoms with Crippen LogP contribution in [-0.4, -0.2) is 39.7 Å². The van der Waals surface area contributed by atoms with Crippen molar-refractivity contribution in [3.63, 3.8) is 0 Å². The predicted octanol–water partition coefficient (Wildman–Crippen LogP) is 1.36. The highest BCUT2D eigenvalue weighted by atomic mass is 16.3. The Morgan fingerprint density at radius 1 is 1.20 bits per heavy atom. The van der Waals surface area contributed by atoms with Gasteiger partial charge in [-0.1, -0.05) is 6.07 Å². The second-order valence-corrected chi connectivity index (χ2v) is 5.31. The summed E-state index contributed by atoms with van der Waals surface area (Å²) in [6.07, 6.45) is 1.73. The van der Waals surface area contributed by atoms with Crippen LogP contribution in [0.1, 0.15) is 24.5 Å². The Labute approximate surface area is 116 Å². The maximum absolute atomic E-state index is 11.4. The quantitative estimate of drug-likeness (QED) is 0.790. The average Bonchev–Trinajstić information content (AvgIpc) is 2.92. The molecule has 106 valence electrons. The molecule has 0 spiro atoms. The number of hydrogen-bond donors (Lipinski definition) is 3. The first-order valence-corrected chi connectivity index (χ1v) is 6.90. The van der Waals surface area contributed by atoms with Gasteiger partial charge in [-0.25, -0.2) is 0 Å². The molecule has 1 aliphatic rings. The second kappa shape index (κ2) is 5.26. The molecule has 0 amide bonds. The van der Waals surface area contributed by atoms with Crippen molar-refractivity contribution < 1.29 is 10.2 Å². The normalized spacial score (nSPS) is 17.6. The molecule has 1 saturated heterocycles. The number of H-pyrrole nitrogens is 1. The molecule has 0 bridgehead atoms. The van der Waals surface area contributed by atoms with E-state index in [9.17, 15) is 15.0 Å². The van der Waals surface area contributed by atoms with Crippen molar-refractivity contribution in [2.45, 2.75) is 18.9 Å². The minimum absolute atomic E-state index is 0.0230. The van der Waals surface area contributed by atoms with Crippen LogP contribution in [0.4, 0.5) is 0 Å². The zero-order chi connectivity index (χ0) is 14.1. The number of nitrogens with one attached hydrogen (secondary N) is 1. The third-order valence-electron chi connectivity index (χ3n) is 3.90. The molecule has 1 fully saturated rings. The van der Waals surface area contributed by atoms with E-state index in [1.807, 2.05) is 0 Å². The third kappa shape index (κ3) is 2.42. The predicted molar refractivity (Wildman–Crippen MR) is 76.9 cm³/mol. The summed E-state index contributed by atoms with van der Waals surface area (Å²) in [6, 6.07) is 6.29. The first-order valence-electron chi connectivity index (χ1n) is 6.90. The number of aromatic hydroxyl groups is 1. The number of phenolic OH excluding ortho intramolecular Hbond substituents is 1. The maximum Gasteiger partial charge on any atom is 0.248 e. The molecule has 1 aromatic heterocycles. The number of phenols is 1. The van der Waals surface area contributed by atoms with Crippen molar-refractivity contribution >= 4 is 10.9 Å². The lowest BCUT2D eigenvalue weighted by Crippen LogP contribution is -2.25. The number of nitrogens with zero attached hydrogens (tertiary/aromatic N) is 1. The van der Waals surface area contributed by atoms with E-state index in [2.05, 4.69) is 9.88 Å². The van der Waals surface area contributed by atoms with Crippen LogP contribution in [-0.2, 0) is 0 Å². The fraction of sp³-hybridized carbons (Fsp3) is 0.400. The molecule has 1 atom stereocenters. The second-order valence-electron chi connectivity index (χ2n) is 5.31. The highest BCUT2D eigenvalue weighted by Crippen LogP contribution is 2.29. The Morgan fingerprint density at radius 2 is 1.95 bits per heavy atom. The number of likely N-dealkylation sites (tertiary alicyclic amines) is 1. The largest absolute Gasteiger partial charge is 0.506 e. The molecular formula is C15H18N2O3. The molecule has 5 heteroatoms. The summed E-state index contributed by atoms with van der Waals surface area (Å²) >= 11 is 0. The summed E-state index contributed by atoms with van der Waals surface area (Å²) in [5.74, 6) is 0.0230. The van der Waals surface area contributed by atoms with E-state index >= 15 is 0 Å². The smallest absolute Gasteiger partial charge is 0.248 e. The van der Waals surface area contributed by atoms with Crippen LogP contribution in [0.3, 0.4) is 0 Å². The monoisotopic (exact) mass is 274 g/mol.